The Labute approximate surface area is 221 Å². The molecule has 0 aliphatic heterocycles. The van der Waals surface area contributed by atoms with Crippen molar-refractivity contribution in [2.45, 2.75) is 44.8 Å². The Morgan fingerprint density at radius 3 is 2.68 bits per heavy atom. The zero-order valence-electron chi connectivity index (χ0n) is 21.0. The lowest BCUT2D eigenvalue weighted by atomic mass is 9.89. The Morgan fingerprint density at radius 2 is 2.00 bits per heavy atom. The summed E-state index contributed by atoms with van der Waals surface area (Å²) in [7, 11) is 3.31. The van der Waals surface area contributed by atoms with E-state index in [2.05, 4.69) is 30.7 Å². The van der Waals surface area contributed by atoms with Gasteiger partial charge in [-0.25, -0.2) is 9.97 Å². The molecule has 11 nitrogen and oxygen atoms in total. The Kier molecular flexibility index (Phi) is 6.65. The van der Waals surface area contributed by atoms with Gasteiger partial charge in [0.25, 0.3) is 5.92 Å². The van der Waals surface area contributed by atoms with Crippen LogP contribution in [0.25, 0.3) is 11.2 Å². The van der Waals surface area contributed by atoms with Crippen LogP contribution in [-0.4, -0.2) is 48.4 Å². The van der Waals surface area contributed by atoms with Crippen LogP contribution < -0.4 is 15.4 Å². The maximum absolute atomic E-state index is 14.4. The number of fused-ring (bicyclic) bond motifs is 1. The molecule has 1 aliphatic carbocycles. The number of pyridine rings is 2. The van der Waals surface area contributed by atoms with Gasteiger partial charge in [-0.05, 0) is 18.9 Å². The molecule has 0 unspecified atom stereocenters. The summed E-state index contributed by atoms with van der Waals surface area (Å²) in [6, 6.07) is 4.30. The van der Waals surface area contributed by atoms with Crippen LogP contribution in [0.1, 0.15) is 38.4 Å². The van der Waals surface area contributed by atoms with Gasteiger partial charge in [-0.2, -0.15) is 18.9 Å². The average molecular weight is 547 g/mol. The van der Waals surface area contributed by atoms with Crippen LogP contribution in [0.15, 0.2) is 30.6 Å². The van der Waals surface area contributed by atoms with Crippen molar-refractivity contribution in [1.29, 1.82) is 0 Å². The molecule has 1 aliphatic rings. The molecule has 5 rings (SSSR count). The van der Waals surface area contributed by atoms with Crippen LogP contribution >= 0.6 is 11.6 Å². The molecule has 200 valence electrons. The summed E-state index contributed by atoms with van der Waals surface area (Å²) < 4.78 is 42.9. The molecule has 1 fully saturated rings. The van der Waals surface area contributed by atoms with E-state index in [1.165, 1.54) is 30.1 Å². The number of imidazole rings is 1. The lowest BCUT2D eigenvalue weighted by molar-refractivity contribution is -0.114. The highest BCUT2D eigenvalue weighted by Crippen LogP contribution is 2.40. The van der Waals surface area contributed by atoms with Gasteiger partial charge in [0.05, 0.1) is 18.3 Å². The molecule has 1 amide bonds. The highest BCUT2D eigenvalue weighted by molar-refractivity contribution is 6.36. The van der Waals surface area contributed by atoms with Gasteiger partial charge < -0.3 is 24.7 Å². The number of nitrogens with zero attached hydrogens (tertiary/aromatic N) is 6. The van der Waals surface area contributed by atoms with Crippen molar-refractivity contribution in [2.24, 2.45) is 7.05 Å². The molecular formula is C24H25ClF2N8O3. The number of aromatic nitrogens is 6. The van der Waals surface area contributed by atoms with Crippen LogP contribution in [0.5, 0.6) is 11.5 Å². The normalized spacial score (nSPS) is 17.3. The van der Waals surface area contributed by atoms with E-state index in [0.717, 1.165) is 6.92 Å². The summed E-state index contributed by atoms with van der Waals surface area (Å²) in [4.78, 5) is 24.2. The fourth-order valence-corrected chi connectivity index (χ4v) is 4.55. The quantitative estimate of drug-likeness (QED) is 0.310. The first-order valence-electron chi connectivity index (χ1n) is 11.7. The number of alkyl halides is 2. The van der Waals surface area contributed by atoms with Crippen LogP contribution in [0.3, 0.4) is 0 Å². The van der Waals surface area contributed by atoms with Crippen molar-refractivity contribution in [3.63, 3.8) is 0 Å². The maximum Gasteiger partial charge on any atom is 0.286 e. The van der Waals surface area contributed by atoms with E-state index in [1.54, 1.807) is 30.9 Å². The summed E-state index contributed by atoms with van der Waals surface area (Å²) in [5.41, 5.74) is 0.592. The van der Waals surface area contributed by atoms with Crippen LogP contribution in [0, 0.1) is 0 Å². The molecule has 0 spiro atoms. The lowest BCUT2D eigenvalue weighted by Crippen LogP contribution is -2.35. The molecular weight excluding hydrogens is 522 g/mol. The smallest absolute Gasteiger partial charge is 0.286 e. The topological polar surface area (TPSA) is 121 Å². The number of carbonyl (C=O) groups is 1. The molecule has 0 bridgehead atoms. The van der Waals surface area contributed by atoms with Crippen LogP contribution in [0.4, 0.5) is 26.4 Å². The van der Waals surface area contributed by atoms with E-state index in [4.69, 9.17) is 21.1 Å². The number of carbonyl (C=O) groups excluding carboxylic acids is 1. The summed E-state index contributed by atoms with van der Waals surface area (Å²) in [5, 5.41) is 10.2. The van der Waals surface area contributed by atoms with Crippen molar-refractivity contribution in [3.8, 4) is 11.5 Å². The van der Waals surface area contributed by atoms with Crippen molar-refractivity contribution in [1.82, 2.24) is 29.3 Å². The van der Waals surface area contributed by atoms with E-state index in [9.17, 15) is 13.6 Å². The zero-order valence-corrected chi connectivity index (χ0v) is 21.8. The van der Waals surface area contributed by atoms with Crippen molar-refractivity contribution < 1.29 is 23.0 Å². The number of rotatable bonds is 8. The monoisotopic (exact) mass is 546 g/mol. The minimum atomic E-state index is -3.08. The lowest BCUT2D eigenvalue weighted by Gasteiger charge is -2.35. The number of anilines is 3. The number of methoxy groups -OCH3 is 1. The molecule has 1 saturated carbocycles. The Hall–Kier alpha value is -3.84. The predicted octanol–water partition coefficient (Wildman–Crippen LogP) is 5.17. The molecule has 0 aromatic carbocycles. The van der Waals surface area contributed by atoms with Gasteiger partial charge in [-0.1, -0.05) is 11.6 Å². The van der Waals surface area contributed by atoms with Gasteiger partial charge in [0, 0.05) is 46.3 Å². The Bertz CT molecular complexity index is 1510. The van der Waals surface area contributed by atoms with Crippen molar-refractivity contribution >= 4 is 46.3 Å². The van der Waals surface area contributed by atoms with E-state index in [1.807, 2.05) is 0 Å². The second-order valence-corrected chi connectivity index (χ2v) is 9.50. The van der Waals surface area contributed by atoms with Crippen LogP contribution in [0.2, 0.25) is 5.02 Å². The molecule has 0 saturated heterocycles. The first-order chi connectivity index (χ1) is 18.0. The Morgan fingerprint density at radius 1 is 1.24 bits per heavy atom. The molecule has 4 aromatic rings. The summed E-state index contributed by atoms with van der Waals surface area (Å²) >= 11 is 6.65. The van der Waals surface area contributed by atoms with Crippen molar-refractivity contribution in [3.05, 3.63) is 41.3 Å². The maximum atomic E-state index is 14.4. The molecule has 4 aromatic heterocycles. The van der Waals surface area contributed by atoms with Gasteiger partial charge in [0.2, 0.25) is 11.9 Å². The predicted molar refractivity (Wildman–Crippen MR) is 136 cm³/mol. The largest absolute Gasteiger partial charge is 0.454 e. The fourth-order valence-electron chi connectivity index (χ4n) is 4.25. The molecule has 38 heavy (non-hydrogen) atoms. The fraction of sp³-hybridized carbons (Fsp3) is 0.375. The highest BCUT2D eigenvalue weighted by atomic mass is 35.5. The number of halogens is 3. The number of nitrogens with one attached hydrogen (secondary N) is 2. The number of aryl methyl sites for hydroxylation is 1. The molecule has 14 heteroatoms. The van der Waals surface area contributed by atoms with E-state index >= 15 is 0 Å². The zero-order chi connectivity index (χ0) is 27.2. The minimum absolute atomic E-state index is 0.0348. The third-order valence-corrected chi connectivity index (χ3v) is 6.61. The highest BCUT2D eigenvalue weighted by Gasteiger charge is 2.38. The summed E-state index contributed by atoms with van der Waals surface area (Å²) in [6.45, 7) is 2.22. The number of hydrogen-bond acceptors (Lipinski definition) is 8. The van der Waals surface area contributed by atoms with Gasteiger partial charge in [-0.3, -0.25) is 9.48 Å². The SMILES string of the molecule is COC1CC(n2nc(Nc3nc4ncc(Oc5ccnc(NC(C)=O)c5)c(Cl)c4n3C)cc2C(C)(F)F)C1. The average Bonchev–Trinajstić information content (AvgIpc) is 3.37. The number of hydrogen-bond donors (Lipinski definition) is 2. The molecule has 0 atom stereocenters. The third-order valence-electron chi connectivity index (χ3n) is 6.24. The second kappa shape index (κ2) is 9.80. The van der Waals surface area contributed by atoms with E-state index in [0.29, 0.717) is 41.5 Å². The van der Waals surface area contributed by atoms with Gasteiger partial charge >= 0.3 is 0 Å². The van der Waals surface area contributed by atoms with Gasteiger partial charge in [0.1, 0.15) is 27.8 Å². The molecule has 2 N–H and O–H groups in total. The second-order valence-electron chi connectivity index (χ2n) is 9.12. The van der Waals surface area contributed by atoms with Crippen LogP contribution in [-0.2, 0) is 22.5 Å². The summed E-state index contributed by atoms with van der Waals surface area (Å²) in [6.07, 6.45) is 4.16. The minimum Gasteiger partial charge on any atom is -0.454 e. The number of amides is 1. The first kappa shape index (κ1) is 25.8. The molecule has 4 heterocycles. The van der Waals surface area contributed by atoms with Gasteiger partial charge in [-0.15, -0.1) is 0 Å². The van der Waals surface area contributed by atoms with E-state index in [-0.39, 0.29) is 40.3 Å². The molecule has 0 radical (unpaired) electrons. The van der Waals surface area contributed by atoms with Gasteiger partial charge in [0.15, 0.2) is 17.2 Å². The van der Waals surface area contributed by atoms with E-state index < -0.39 is 5.92 Å². The summed E-state index contributed by atoms with van der Waals surface area (Å²) in [5.74, 6) is -1.86. The third kappa shape index (κ3) is 4.98. The Balaban J connectivity index is 1.42. The number of ether oxygens (including phenoxy) is 2. The standard InChI is InChI=1S/C24H25ClF2N8O3/c1-12(36)30-18-9-14(5-6-28-18)38-16-11-29-22-21(20(16)25)34(3)23(32-22)31-19-10-17(24(2,26)27)35(33-19)13-7-15(8-13)37-4/h5-6,9-11,13,15H,7-8H2,1-4H3,(H,28,30,36)(H,29,31,32,33). The van der Waals surface area contributed by atoms with Crippen molar-refractivity contribution in [2.75, 3.05) is 17.7 Å². The first-order valence-corrected chi connectivity index (χ1v) is 12.1.